The summed E-state index contributed by atoms with van der Waals surface area (Å²) in [5, 5.41) is 19.9. The summed E-state index contributed by atoms with van der Waals surface area (Å²) in [4.78, 5) is 26.1. The highest BCUT2D eigenvalue weighted by Gasteiger charge is 2.39. The molecule has 0 radical (unpaired) electrons. The van der Waals surface area contributed by atoms with Gasteiger partial charge in [0.05, 0.1) is 35.2 Å². The summed E-state index contributed by atoms with van der Waals surface area (Å²) in [6, 6.07) is 18.9. The molecule has 2 aliphatic rings. The van der Waals surface area contributed by atoms with Crippen molar-refractivity contribution in [2.24, 2.45) is 11.8 Å². The molecule has 3 N–H and O–H groups in total. The van der Waals surface area contributed by atoms with Gasteiger partial charge in [0.15, 0.2) is 0 Å². The van der Waals surface area contributed by atoms with Gasteiger partial charge in [-0.25, -0.2) is 0 Å². The summed E-state index contributed by atoms with van der Waals surface area (Å²) in [6.45, 7) is 1.86. The molecule has 36 heavy (non-hydrogen) atoms. The number of amides is 2. The third-order valence-corrected chi connectivity index (χ3v) is 8.34. The van der Waals surface area contributed by atoms with Crippen molar-refractivity contribution in [1.29, 1.82) is 5.26 Å². The van der Waals surface area contributed by atoms with Gasteiger partial charge in [-0.2, -0.15) is 17.0 Å². The van der Waals surface area contributed by atoms with Crippen LogP contribution >= 0.6 is 23.5 Å². The van der Waals surface area contributed by atoms with E-state index < -0.39 is 0 Å². The third-order valence-electron chi connectivity index (χ3n) is 6.13. The fourth-order valence-corrected chi connectivity index (χ4v) is 6.65. The number of methoxy groups -OCH3 is 1. The monoisotopic (exact) mass is 520 g/mol. The topological polar surface area (TPSA) is 103 Å². The Balaban J connectivity index is 1.55. The van der Waals surface area contributed by atoms with Crippen molar-refractivity contribution in [2.45, 2.75) is 13.3 Å². The lowest BCUT2D eigenvalue weighted by atomic mass is 9.77. The lowest BCUT2D eigenvalue weighted by Crippen LogP contribution is -2.35. The van der Waals surface area contributed by atoms with E-state index in [4.69, 9.17) is 4.74 Å². The molecule has 0 spiro atoms. The lowest BCUT2D eigenvalue weighted by Gasteiger charge is -2.32. The van der Waals surface area contributed by atoms with Gasteiger partial charge in [-0.3, -0.25) is 9.59 Å². The molecule has 0 aromatic heterocycles. The maximum Gasteiger partial charge on any atom is 0.253 e. The van der Waals surface area contributed by atoms with Gasteiger partial charge < -0.3 is 20.7 Å². The first-order valence-electron chi connectivity index (χ1n) is 11.6. The number of ether oxygens (including phenoxy) is 1. The van der Waals surface area contributed by atoms with Gasteiger partial charge in [-0.15, -0.1) is 0 Å². The summed E-state index contributed by atoms with van der Waals surface area (Å²) in [7, 11) is 1.55. The number of nitrogens with zero attached hydrogens (tertiary/aromatic N) is 1. The molecule has 2 amide bonds. The Morgan fingerprint density at radius 1 is 1.17 bits per heavy atom. The molecule has 2 aromatic rings. The number of dihydropyridines is 1. The Bertz CT molecular complexity index is 1230. The third kappa shape index (κ3) is 5.89. The fourth-order valence-electron chi connectivity index (χ4n) is 4.45. The quantitative estimate of drug-likeness (QED) is 0.451. The second-order valence-electron chi connectivity index (χ2n) is 8.48. The standard InChI is InChI=1S/C27H28N4O3S2/c1-17-24(26(33)30-19-8-4-3-5-9-19)25(18-12-13-35-15-18)20(14-28)27(29-17)36-16-23(32)31-21-10-6-7-11-22(21)34-2/h3-11,18,25,29H,12-13,15-16H2,1-2H3,(H,30,33)(H,31,32). The summed E-state index contributed by atoms with van der Waals surface area (Å²) in [5.41, 5.74) is 3.11. The van der Waals surface area contributed by atoms with E-state index in [1.165, 1.54) is 11.8 Å². The van der Waals surface area contributed by atoms with Crippen LogP contribution in [0.3, 0.4) is 0 Å². The number of hydrogen-bond acceptors (Lipinski definition) is 7. The highest BCUT2D eigenvalue weighted by molar-refractivity contribution is 8.03. The zero-order valence-corrected chi connectivity index (χ0v) is 21.8. The molecule has 2 aliphatic heterocycles. The van der Waals surface area contributed by atoms with Gasteiger partial charge in [-0.05, 0) is 55.0 Å². The predicted octanol–water partition coefficient (Wildman–Crippen LogP) is 4.99. The van der Waals surface area contributed by atoms with Crippen molar-refractivity contribution < 1.29 is 14.3 Å². The highest BCUT2D eigenvalue weighted by Crippen LogP contribution is 2.43. The Kier molecular flexibility index (Phi) is 8.62. The first kappa shape index (κ1) is 25.7. The molecule has 7 nitrogen and oxygen atoms in total. The molecule has 0 bridgehead atoms. The van der Waals surface area contributed by atoms with Crippen molar-refractivity contribution >= 4 is 46.7 Å². The van der Waals surface area contributed by atoms with E-state index in [-0.39, 0.29) is 29.4 Å². The second-order valence-corrected chi connectivity index (χ2v) is 10.6. The van der Waals surface area contributed by atoms with Crippen LogP contribution in [0.2, 0.25) is 0 Å². The van der Waals surface area contributed by atoms with Crippen LogP contribution in [0.1, 0.15) is 13.3 Å². The number of para-hydroxylation sites is 3. The molecule has 4 rings (SSSR count). The Morgan fingerprint density at radius 2 is 1.92 bits per heavy atom. The van der Waals surface area contributed by atoms with Crippen LogP contribution in [0.4, 0.5) is 11.4 Å². The van der Waals surface area contributed by atoms with E-state index in [1.54, 1.807) is 19.2 Å². The number of anilines is 2. The molecule has 2 heterocycles. The number of benzene rings is 2. The van der Waals surface area contributed by atoms with Crippen LogP contribution in [0.15, 0.2) is 76.5 Å². The minimum atomic E-state index is -0.324. The molecule has 186 valence electrons. The first-order valence-corrected chi connectivity index (χ1v) is 13.8. The van der Waals surface area contributed by atoms with Gasteiger partial charge in [0.25, 0.3) is 5.91 Å². The van der Waals surface area contributed by atoms with Crippen molar-refractivity contribution in [2.75, 3.05) is 35.0 Å². The number of carbonyl (C=O) groups is 2. The second kappa shape index (κ2) is 12.1. The SMILES string of the molecule is COc1ccccc1NC(=O)CSC1=C(C#N)C(C2CCSC2)C(C(=O)Nc2ccccc2)=C(C)N1. The number of carbonyl (C=O) groups excluding carboxylic acids is 2. The van der Waals surface area contributed by atoms with Crippen LogP contribution in [0.25, 0.3) is 0 Å². The molecular weight excluding hydrogens is 492 g/mol. The Morgan fingerprint density at radius 3 is 2.61 bits per heavy atom. The highest BCUT2D eigenvalue weighted by atomic mass is 32.2. The van der Waals surface area contributed by atoms with E-state index in [9.17, 15) is 14.9 Å². The Hall–Kier alpha value is -3.35. The van der Waals surface area contributed by atoms with E-state index >= 15 is 0 Å². The zero-order valence-electron chi connectivity index (χ0n) is 20.2. The zero-order chi connectivity index (χ0) is 25.5. The van der Waals surface area contributed by atoms with Gasteiger partial charge in [-0.1, -0.05) is 42.1 Å². The summed E-state index contributed by atoms with van der Waals surface area (Å²) in [5.74, 6) is 2.01. The van der Waals surface area contributed by atoms with Crippen LogP contribution in [-0.4, -0.2) is 36.2 Å². The smallest absolute Gasteiger partial charge is 0.253 e. The minimum Gasteiger partial charge on any atom is -0.495 e. The predicted molar refractivity (Wildman–Crippen MR) is 147 cm³/mol. The largest absolute Gasteiger partial charge is 0.495 e. The normalized spacial score (nSPS) is 19.4. The van der Waals surface area contributed by atoms with E-state index in [2.05, 4.69) is 22.0 Å². The van der Waals surface area contributed by atoms with Gasteiger partial charge in [0.2, 0.25) is 5.91 Å². The molecule has 0 saturated carbocycles. The van der Waals surface area contributed by atoms with Gasteiger partial charge in [0, 0.05) is 22.9 Å². The van der Waals surface area contributed by atoms with Gasteiger partial charge >= 0.3 is 0 Å². The van der Waals surface area contributed by atoms with Crippen LogP contribution in [0.5, 0.6) is 5.75 Å². The number of thioether (sulfide) groups is 2. The molecular formula is C27H28N4O3S2. The van der Waals surface area contributed by atoms with Gasteiger partial charge in [0.1, 0.15) is 5.75 Å². The molecule has 0 aliphatic carbocycles. The maximum absolute atomic E-state index is 13.4. The lowest BCUT2D eigenvalue weighted by molar-refractivity contribution is -0.114. The van der Waals surface area contributed by atoms with Crippen molar-refractivity contribution in [3.8, 4) is 11.8 Å². The van der Waals surface area contributed by atoms with Crippen molar-refractivity contribution in [3.63, 3.8) is 0 Å². The van der Waals surface area contributed by atoms with E-state index in [0.717, 1.165) is 17.9 Å². The fraction of sp³-hybridized carbons (Fsp3) is 0.296. The maximum atomic E-state index is 13.4. The number of rotatable bonds is 8. The average Bonchev–Trinajstić information content (AvgIpc) is 3.42. The van der Waals surface area contributed by atoms with E-state index in [1.807, 2.05) is 61.2 Å². The van der Waals surface area contributed by atoms with Crippen LogP contribution in [-0.2, 0) is 9.59 Å². The molecule has 1 saturated heterocycles. The molecule has 1 fully saturated rings. The Labute approximate surface area is 219 Å². The average molecular weight is 521 g/mol. The number of nitriles is 1. The van der Waals surface area contributed by atoms with Crippen LogP contribution in [0, 0.1) is 23.2 Å². The first-order chi connectivity index (χ1) is 17.5. The number of nitrogens with one attached hydrogen (secondary N) is 3. The molecule has 2 unspecified atom stereocenters. The summed E-state index contributed by atoms with van der Waals surface area (Å²) >= 11 is 3.12. The molecule has 2 aromatic carbocycles. The number of allylic oxidation sites excluding steroid dienone is 2. The van der Waals surface area contributed by atoms with Crippen LogP contribution < -0.4 is 20.7 Å². The molecule has 9 heteroatoms. The van der Waals surface area contributed by atoms with Crippen molar-refractivity contribution in [1.82, 2.24) is 5.32 Å². The minimum absolute atomic E-state index is 0.108. The summed E-state index contributed by atoms with van der Waals surface area (Å²) < 4.78 is 5.30. The summed E-state index contributed by atoms with van der Waals surface area (Å²) in [6.07, 6.45) is 0.933. The molecule has 2 atom stereocenters. The number of hydrogen-bond donors (Lipinski definition) is 3. The van der Waals surface area contributed by atoms with E-state index in [0.29, 0.717) is 39.0 Å². The van der Waals surface area contributed by atoms with Crippen molar-refractivity contribution in [3.05, 3.63) is 76.5 Å².